The molecule has 2 aliphatic rings. The van der Waals surface area contributed by atoms with Crippen LogP contribution in [0.2, 0.25) is 0 Å². The molecular formula is C20H23N2O4-. The minimum atomic E-state index is -1.21. The number of rotatable bonds is 4. The summed E-state index contributed by atoms with van der Waals surface area (Å²) in [6, 6.07) is 6.82. The normalized spacial score (nSPS) is 22.7. The van der Waals surface area contributed by atoms with Gasteiger partial charge in [0.1, 0.15) is 0 Å². The largest absolute Gasteiger partial charge is 0.550 e. The Bertz CT molecular complexity index is 722. The molecule has 2 amide bonds. The first-order valence-corrected chi connectivity index (χ1v) is 9.12. The van der Waals surface area contributed by atoms with Crippen LogP contribution in [0.1, 0.15) is 42.5 Å². The van der Waals surface area contributed by atoms with E-state index >= 15 is 0 Å². The van der Waals surface area contributed by atoms with Crippen molar-refractivity contribution in [3.63, 3.8) is 0 Å². The Kier molecular flexibility index (Phi) is 5.71. The molecule has 1 saturated heterocycles. The second-order valence-electron chi connectivity index (χ2n) is 6.90. The minimum absolute atomic E-state index is 0.0333. The highest BCUT2D eigenvalue weighted by Gasteiger charge is 2.30. The van der Waals surface area contributed by atoms with Gasteiger partial charge in [0, 0.05) is 36.2 Å². The van der Waals surface area contributed by atoms with Crippen LogP contribution in [0.4, 0.5) is 5.69 Å². The molecule has 1 aromatic rings. The average molecular weight is 355 g/mol. The molecule has 1 heterocycles. The van der Waals surface area contributed by atoms with Gasteiger partial charge in [-0.05, 0) is 50.3 Å². The fraction of sp³-hybridized carbons (Fsp3) is 0.450. The molecule has 1 aliphatic heterocycles. The van der Waals surface area contributed by atoms with Crippen molar-refractivity contribution in [1.29, 1.82) is 0 Å². The Morgan fingerprint density at radius 1 is 1.00 bits per heavy atom. The van der Waals surface area contributed by atoms with Gasteiger partial charge in [0.15, 0.2) is 0 Å². The topological polar surface area (TPSA) is 89.5 Å². The predicted octanol–water partition coefficient (Wildman–Crippen LogP) is 1.58. The van der Waals surface area contributed by atoms with Crippen molar-refractivity contribution in [2.45, 2.75) is 32.1 Å². The summed E-state index contributed by atoms with van der Waals surface area (Å²) in [4.78, 5) is 38.2. The molecule has 1 aromatic carbocycles. The van der Waals surface area contributed by atoms with E-state index in [1.807, 2.05) is 11.0 Å². The van der Waals surface area contributed by atoms with E-state index in [1.54, 1.807) is 30.3 Å². The SMILES string of the molecule is O=C([O-])[C@H]1CC=CC[C@H]1C(=O)Nc1cccc(C(=O)N2CCCCC2)c1. The third kappa shape index (κ3) is 4.12. The highest BCUT2D eigenvalue weighted by atomic mass is 16.4. The molecule has 2 atom stereocenters. The summed E-state index contributed by atoms with van der Waals surface area (Å²) in [5, 5.41) is 14.0. The lowest BCUT2D eigenvalue weighted by Crippen LogP contribution is -2.41. The summed E-state index contributed by atoms with van der Waals surface area (Å²) in [5.74, 6) is -3.08. The van der Waals surface area contributed by atoms with Crippen LogP contribution >= 0.6 is 0 Å². The molecule has 1 N–H and O–H groups in total. The third-order valence-electron chi connectivity index (χ3n) is 5.09. The van der Waals surface area contributed by atoms with Gasteiger partial charge in [-0.15, -0.1) is 0 Å². The van der Waals surface area contributed by atoms with Crippen molar-refractivity contribution in [2.24, 2.45) is 11.8 Å². The quantitative estimate of drug-likeness (QED) is 0.831. The molecule has 3 rings (SSSR count). The first-order chi connectivity index (χ1) is 12.6. The van der Waals surface area contributed by atoms with Gasteiger partial charge in [0.05, 0.1) is 5.92 Å². The van der Waals surface area contributed by atoms with Crippen LogP contribution in [0.25, 0.3) is 0 Å². The summed E-state index contributed by atoms with van der Waals surface area (Å²) < 4.78 is 0. The van der Waals surface area contributed by atoms with Crippen LogP contribution in [-0.2, 0) is 9.59 Å². The lowest BCUT2D eigenvalue weighted by atomic mass is 9.82. The number of carboxylic acids is 1. The summed E-state index contributed by atoms with van der Waals surface area (Å²) in [7, 11) is 0. The predicted molar refractivity (Wildman–Crippen MR) is 95.2 cm³/mol. The third-order valence-corrected chi connectivity index (χ3v) is 5.09. The van der Waals surface area contributed by atoms with E-state index in [1.165, 1.54) is 0 Å². The van der Waals surface area contributed by atoms with E-state index in [0.29, 0.717) is 24.1 Å². The molecule has 6 nitrogen and oxygen atoms in total. The van der Waals surface area contributed by atoms with Crippen LogP contribution in [-0.4, -0.2) is 35.8 Å². The van der Waals surface area contributed by atoms with E-state index in [-0.39, 0.29) is 11.8 Å². The lowest BCUT2D eigenvalue weighted by Gasteiger charge is -2.28. The standard InChI is InChI=1S/C20H24N2O4/c23-18(16-9-2-3-10-17(16)20(25)26)21-15-8-6-7-14(13-15)19(24)22-11-4-1-5-12-22/h2-3,6-8,13,16-17H,1,4-5,9-12H2,(H,21,23)(H,25,26)/p-1/t16-,17+/m1/s1. The number of carbonyl (C=O) groups excluding carboxylic acids is 3. The van der Waals surface area contributed by atoms with E-state index < -0.39 is 17.8 Å². The van der Waals surface area contributed by atoms with Crippen LogP contribution < -0.4 is 10.4 Å². The molecule has 0 bridgehead atoms. The van der Waals surface area contributed by atoms with Crippen molar-refractivity contribution in [3.05, 3.63) is 42.0 Å². The van der Waals surface area contributed by atoms with Gasteiger partial charge in [-0.3, -0.25) is 9.59 Å². The maximum absolute atomic E-state index is 12.6. The van der Waals surface area contributed by atoms with Crippen LogP contribution in [0.3, 0.4) is 0 Å². The van der Waals surface area contributed by atoms with Gasteiger partial charge in [-0.1, -0.05) is 18.2 Å². The highest BCUT2D eigenvalue weighted by Crippen LogP contribution is 2.27. The number of piperidine rings is 1. The smallest absolute Gasteiger partial charge is 0.253 e. The van der Waals surface area contributed by atoms with E-state index in [9.17, 15) is 19.5 Å². The van der Waals surface area contributed by atoms with Crippen molar-refractivity contribution >= 4 is 23.5 Å². The number of amides is 2. The number of carboxylic acid groups (broad SMARTS) is 1. The van der Waals surface area contributed by atoms with E-state index in [4.69, 9.17) is 0 Å². The minimum Gasteiger partial charge on any atom is -0.550 e. The Hall–Kier alpha value is -2.63. The number of nitrogens with one attached hydrogen (secondary N) is 1. The molecule has 0 aromatic heterocycles. The van der Waals surface area contributed by atoms with Gasteiger partial charge in [0.25, 0.3) is 5.91 Å². The molecule has 0 unspecified atom stereocenters. The molecule has 0 radical (unpaired) electrons. The zero-order valence-electron chi connectivity index (χ0n) is 14.6. The van der Waals surface area contributed by atoms with Gasteiger partial charge in [0.2, 0.25) is 5.91 Å². The molecule has 0 saturated carbocycles. The summed E-state index contributed by atoms with van der Waals surface area (Å²) in [6.07, 6.45) is 7.44. The number of hydrogen-bond acceptors (Lipinski definition) is 4. The Labute approximate surface area is 152 Å². The zero-order valence-corrected chi connectivity index (χ0v) is 14.6. The van der Waals surface area contributed by atoms with Crippen LogP contribution in [0.15, 0.2) is 36.4 Å². The average Bonchev–Trinajstić information content (AvgIpc) is 2.68. The second-order valence-corrected chi connectivity index (χ2v) is 6.90. The first kappa shape index (κ1) is 18.2. The summed E-state index contributed by atoms with van der Waals surface area (Å²) in [5.41, 5.74) is 1.04. The van der Waals surface area contributed by atoms with E-state index in [0.717, 1.165) is 32.4 Å². The highest BCUT2D eigenvalue weighted by molar-refractivity contribution is 5.98. The van der Waals surface area contributed by atoms with Gasteiger partial charge in [-0.2, -0.15) is 0 Å². The number of hydrogen-bond donors (Lipinski definition) is 1. The number of aliphatic carboxylic acids is 1. The molecule has 6 heteroatoms. The second kappa shape index (κ2) is 8.17. The fourth-order valence-corrected chi connectivity index (χ4v) is 3.61. The Morgan fingerprint density at radius 3 is 2.38 bits per heavy atom. The fourth-order valence-electron chi connectivity index (χ4n) is 3.61. The Balaban J connectivity index is 1.70. The van der Waals surface area contributed by atoms with Gasteiger partial charge < -0.3 is 20.1 Å². The van der Waals surface area contributed by atoms with Crippen LogP contribution in [0, 0.1) is 11.8 Å². The van der Waals surface area contributed by atoms with E-state index in [2.05, 4.69) is 5.32 Å². The van der Waals surface area contributed by atoms with Crippen molar-refractivity contribution in [1.82, 2.24) is 4.90 Å². The zero-order chi connectivity index (χ0) is 18.5. The van der Waals surface area contributed by atoms with Gasteiger partial charge in [-0.25, -0.2) is 0 Å². The number of nitrogens with zero attached hydrogens (tertiary/aromatic N) is 1. The number of likely N-dealkylation sites (tertiary alicyclic amines) is 1. The van der Waals surface area contributed by atoms with Gasteiger partial charge >= 0.3 is 0 Å². The van der Waals surface area contributed by atoms with Crippen molar-refractivity contribution in [3.8, 4) is 0 Å². The lowest BCUT2D eigenvalue weighted by molar-refractivity contribution is -0.313. The maximum Gasteiger partial charge on any atom is 0.253 e. The van der Waals surface area contributed by atoms with Crippen LogP contribution in [0.5, 0.6) is 0 Å². The summed E-state index contributed by atoms with van der Waals surface area (Å²) in [6.45, 7) is 1.52. The van der Waals surface area contributed by atoms with Crippen molar-refractivity contribution in [2.75, 3.05) is 18.4 Å². The number of anilines is 1. The van der Waals surface area contributed by atoms with Crippen molar-refractivity contribution < 1.29 is 19.5 Å². The number of carbonyl (C=O) groups is 3. The summed E-state index contributed by atoms with van der Waals surface area (Å²) >= 11 is 0. The molecule has 138 valence electrons. The molecule has 1 fully saturated rings. The molecular weight excluding hydrogens is 332 g/mol. The molecule has 0 spiro atoms. The number of benzene rings is 1. The monoisotopic (exact) mass is 355 g/mol. The Morgan fingerprint density at radius 2 is 1.69 bits per heavy atom. The molecule has 1 aliphatic carbocycles. The maximum atomic E-state index is 12.6. The molecule has 26 heavy (non-hydrogen) atoms. The number of allylic oxidation sites excluding steroid dienone is 2. The first-order valence-electron chi connectivity index (χ1n) is 9.12.